The van der Waals surface area contributed by atoms with Gasteiger partial charge in [0.25, 0.3) is 0 Å². The summed E-state index contributed by atoms with van der Waals surface area (Å²) in [4.78, 5) is 18.5. The molecule has 6 heteroatoms. The van der Waals surface area contributed by atoms with Crippen molar-refractivity contribution < 1.29 is 68.7 Å². The molecule has 0 aliphatic carbocycles. The zero-order chi connectivity index (χ0) is 7.15. The Morgan fingerprint density at radius 3 is 0.900 bits per heavy atom. The topological polar surface area (TPSA) is 34.1 Å². The van der Waals surface area contributed by atoms with E-state index in [0.717, 1.165) is 0 Å². The molecule has 0 aromatic rings. The van der Waals surface area contributed by atoms with Crippen LogP contribution < -0.4 is 59.1 Å². The first-order valence-electron chi connectivity index (χ1n) is 1.82. The summed E-state index contributed by atoms with van der Waals surface area (Å²) in [5.41, 5.74) is 0. The summed E-state index contributed by atoms with van der Waals surface area (Å²) in [5, 5.41) is -0.500. The third-order valence-electron chi connectivity index (χ3n) is 0. The van der Waals surface area contributed by atoms with Gasteiger partial charge in [-0.05, 0) is 13.8 Å². The first-order valence-corrected chi connectivity index (χ1v) is 2.63. The van der Waals surface area contributed by atoms with E-state index in [1.54, 1.807) is 0 Å². The van der Waals surface area contributed by atoms with Crippen molar-refractivity contribution in [2.75, 3.05) is 0 Å². The first-order chi connectivity index (χ1) is 3.46. The second kappa shape index (κ2) is 17.0. The van der Waals surface area contributed by atoms with Gasteiger partial charge in [0, 0.05) is 10.2 Å². The van der Waals surface area contributed by atoms with Crippen LogP contribution in [0.1, 0.15) is 13.8 Å². The summed E-state index contributed by atoms with van der Waals surface area (Å²) in [6, 6.07) is 0. The second-order valence-corrected chi connectivity index (χ2v) is 2.13. The number of hydrogen-bond acceptors (Lipinski definition) is 4. The van der Waals surface area contributed by atoms with E-state index in [1.165, 1.54) is 13.8 Å². The molecule has 0 N–H and O–H groups in total. The van der Waals surface area contributed by atoms with E-state index in [0.29, 0.717) is 0 Å². The van der Waals surface area contributed by atoms with Gasteiger partial charge in [-0.3, -0.25) is 0 Å². The van der Waals surface area contributed by atoms with E-state index >= 15 is 0 Å². The molecule has 0 saturated carbocycles. The van der Waals surface area contributed by atoms with Crippen LogP contribution in [0.4, 0.5) is 0 Å². The first kappa shape index (κ1) is 22.6. The van der Waals surface area contributed by atoms with Crippen molar-refractivity contribution in [1.82, 2.24) is 0 Å². The van der Waals surface area contributed by atoms with Crippen molar-refractivity contribution in [3.63, 3.8) is 0 Å². The fraction of sp³-hybridized carbons (Fsp3) is 0.500. The van der Waals surface area contributed by atoms with E-state index in [9.17, 15) is 9.59 Å². The maximum atomic E-state index is 9.26. The van der Waals surface area contributed by atoms with Crippen LogP contribution in [0.15, 0.2) is 0 Å². The Morgan fingerprint density at radius 1 is 0.900 bits per heavy atom. The van der Waals surface area contributed by atoms with Crippen LogP contribution >= 0.6 is 0 Å². The van der Waals surface area contributed by atoms with Gasteiger partial charge in [0.05, 0.1) is 0 Å². The fourth-order valence-electron chi connectivity index (χ4n) is 0. The van der Waals surface area contributed by atoms with Crippen molar-refractivity contribution in [2.24, 2.45) is 0 Å². The molecular formula is C4H6Na2O2S2. The van der Waals surface area contributed by atoms with Gasteiger partial charge >= 0.3 is 59.1 Å². The minimum atomic E-state index is -0.250. The molecule has 0 aromatic heterocycles. The molecule has 0 atom stereocenters. The molecule has 0 aliphatic rings. The van der Waals surface area contributed by atoms with Crippen LogP contribution in [0.5, 0.6) is 0 Å². The quantitative estimate of drug-likeness (QED) is 0.285. The van der Waals surface area contributed by atoms with Crippen molar-refractivity contribution in [2.45, 2.75) is 13.8 Å². The molecule has 0 saturated heterocycles. The van der Waals surface area contributed by atoms with E-state index in [1.807, 2.05) is 0 Å². The Morgan fingerprint density at radius 2 is 0.900 bits per heavy atom. The largest absolute Gasteiger partial charge is 1.00 e. The molecule has 0 rings (SSSR count). The Hall–Kier alpha value is 1.78. The normalized spacial score (nSPS) is 5.00. The summed E-state index contributed by atoms with van der Waals surface area (Å²) in [7, 11) is 0. The van der Waals surface area contributed by atoms with Crippen molar-refractivity contribution >= 4 is 35.5 Å². The maximum Gasteiger partial charge on any atom is 1.00 e. The van der Waals surface area contributed by atoms with Crippen LogP contribution in [0.25, 0.3) is 0 Å². The van der Waals surface area contributed by atoms with E-state index in [2.05, 4.69) is 25.3 Å². The fourth-order valence-corrected chi connectivity index (χ4v) is 0. The Kier molecular flexibility index (Phi) is 38.5. The van der Waals surface area contributed by atoms with Gasteiger partial charge in [-0.1, -0.05) is 0 Å². The molecule has 48 valence electrons. The smallest absolute Gasteiger partial charge is 0.742 e. The summed E-state index contributed by atoms with van der Waals surface area (Å²) in [6.45, 7) is 2.69. The van der Waals surface area contributed by atoms with Gasteiger partial charge in [-0.2, -0.15) is 0 Å². The number of carbonyl (C=O) groups is 2. The molecule has 0 spiro atoms. The zero-order valence-corrected chi connectivity index (χ0v) is 12.3. The number of rotatable bonds is 0. The maximum absolute atomic E-state index is 9.26. The number of hydrogen-bond donors (Lipinski definition) is 0. The molecule has 0 fully saturated rings. The minimum Gasteiger partial charge on any atom is -0.742 e. The van der Waals surface area contributed by atoms with Gasteiger partial charge < -0.3 is 34.8 Å². The average molecular weight is 196 g/mol. The summed E-state index contributed by atoms with van der Waals surface area (Å²) >= 11 is 7.96. The number of carbonyl (C=O) groups excluding carboxylic acids is 2. The Balaban J connectivity index is -0.0000000300. The summed E-state index contributed by atoms with van der Waals surface area (Å²) in [5.74, 6) is 0. The molecule has 0 amide bonds. The van der Waals surface area contributed by atoms with E-state index in [4.69, 9.17) is 0 Å². The molecule has 0 radical (unpaired) electrons. The van der Waals surface area contributed by atoms with Crippen molar-refractivity contribution in [3.8, 4) is 0 Å². The van der Waals surface area contributed by atoms with Gasteiger partial charge in [-0.25, -0.2) is 0 Å². The molecule has 0 heterocycles. The van der Waals surface area contributed by atoms with Crippen LogP contribution in [-0.2, 0) is 34.8 Å². The standard InChI is InChI=1S/2C2H4OS.2Na/c2*1-2(3)4;;/h2*1H3,(H,3,4);;/q;;2*+1/p-2. The molecular weight excluding hydrogens is 190 g/mol. The second-order valence-electron chi connectivity index (χ2n) is 0.983. The third kappa shape index (κ3) is 238. The summed E-state index contributed by atoms with van der Waals surface area (Å²) in [6.07, 6.45) is 0. The zero-order valence-electron chi connectivity index (χ0n) is 6.63. The third-order valence-corrected chi connectivity index (χ3v) is 0. The van der Waals surface area contributed by atoms with Crippen LogP contribution in [0.3, 0.4) is 0 Å². The van der Waals surface area contributed by atoms with Gasteiger partial charge in [0.2, 0.25) is 0 Å². The van der Waals surface area contributed by atoms with Crippen LogP contribution in [0.2, 0.25) is 0 Å². The molecule has 10 heavy (non-hydrogen) atoms. The van der Waals surface area contributed by atoms with Crippen LogP contribution in [-0.4, -0.2) is 10.2 Å². The van der Waals surface area contributed by atoms with Crippen LogP contribution in [0, 0.1) is 0 Å². The molecule has 0 aliphatic heterocycles. The van der Waals surface area contributed by atoms with E-state index in [-0.39, 0.29) is 69.3 Å². The van der Waals surface area contributed by atoms with Gasteiger partial charge in [0.1, 0.15) is 0 Å². The van der Waals surface area contributed by atoms with Gasteiger partial charge in [-0.15, -0.1) is 0 Å². The monoisotopic (exact) mass is 196 g/mol. The Labute approximate surface area is 116 Å². The van der Waals surface area contributed by atoms with Crippen molar-refractivity contribution in [1.29, 1.82) is 0 Å². The molecule has 0 aromatic carbocycles. The van der Waals surface area contributed by atoms with Crippen molar-refractivity contribution in [3.05, 3.63) is 0 Å². The Bertz CT molecular complexity index is 77.3. The van der Waals surface area contributed by atoms with Gasteiger partial charge in [0.15, 0.2) is 0 Å². The predicted octanol–water partition coefficient (Wildman–Crippen LogP) is -5.83. The molecule has 0 bridgehead atoms. The molecule has 2 nitrogen and oxygen atoms in total. The van der Waals surface area contributed by atoms with E-state index < -0.39 is 0 Å². The SMILES string of the molecule is CC(=O)[S-].CC(=O)[S-].[Na+].[Na+]. The predicted molar refractivity (Wildman–Crippen MR) is 36.1 cm³/mol. The molecule has 0 unspecified atom stereocenters. The average Bonchev–Trinajstić information content (AvgIpc) is 1.25. The minimum absolute atomic E-state index is 0. The summed E-state index contributed by atoms with van der Waals surface area (Å²) < 4.78 is 0.